The first-order valence-electron chi connectivity index (χ1n) is 8.83. The Bertz CT molecular complexity index is 1070. The van der Waals surface area contributed by atoms with Crippen LogP contribution in [0.15, 0.2) is 84.9 Å². The Morgan fingerprint density at radius 3 is 2.18 bits per heavy atom. The third-order valence-electron chi connectivity index (χ3n) is 4.26. The Morgan fingerprint density at radius 1 is 0.786 bits per heavy atom. The zero-order valence-electron chi connectivity index (χ0n) is 15.3. The van der Waals surface area contributed by atoms with E-state index < -0.39 is 0 Å². The molecular weight excluding hydrogens is 353 g/mol. The summed E-state index contributed by atoms with van der Waals surface area (Å²) in [4.78, 5) is 9.34. The number of halogens is 1. The number of benzene rings is 3. The van der Waals surface area contributed by atoms with Gasteiger partial charge in [0, 0.05) is 22.9 Å². The van der Waals surface area contributed by atoms with Crippen molar-refractivity contribution in [2.24, 2.45) is 0 Å². The van der Waals surface area contributed by atoms with Crippen molar-refractivity contribution in [1.29, 1.82) is 0 Å². The molecule has 4 aromatic rings. The quantitative estimate of drug-likeness (QED) is 0.489. The van der Waals surface area contributed by atoms with Crippen LogP contribution >= 0.6 is 0 Å². The van der Waals surface area contributed by atoms with Crippen LogP contribution in [-0.4, -0.2) is 17.1 Å². The average molecular weight is 371 g/mol. The highest BCUT2D eigenvalue weighted by molar-refractivity contribution is 5.70. The lowest BCUT2D eigenvalue weighted by molar-refractivity contribution is 0.415. The fourth-order valence-electron chi connectivity index (χ4n) is 2.82. The van der Waals surface area contributed by atoms with Gasteiger partial charge in [-0.15, -0.1) is 0 Å². The third kappa shape index (κ3) is 3.99. The smallest absolute Gasteiger partial charge is 0.162 e. The van der Waals surface area contributed by atoms with E-state index in [0.29, 0.717) is 17.3 Å². The van der Waals surface area contributed by atoms with Gasteiger partial charge in [0.05, 0.1) is 12.8 Å². The molecule has 0 spiro atoms. The zero-order valence-corrected chi connectivity index (χ0v) is 15.3. The molecule has 0 aliphatic carbocycles. The number of rotatable bonds is 5. The van der Waals surface area contributed by atoms with Gasteiger partial charge in [-0.2, -0.15) is 0 Å². The number of nitrogens with zero attached hydrogens (tertiary/aromatic N) is 2. The summed E-state index contributed by atoms with van der Waals surface area (Å²) in [5.41, 5.74) is 3.32. The fraction of sp³-hybridized carbons (Fsp3) is 0.0435. The predicted octanol–water partition coefficient (Wildman–Crippen LogP) is 5.70. The SMILES string of the molecule is COc1ccc(Nc2cc(-c3ccc(F)cc3)nc(-c3ccccc3)n2)cc1. The number of ether oxygens (including phenoxy) is 1. The lowest BCUT2D eigenvalue weighted by Crippen LogP contribution is -1.99. The van der Waals surface area contributed by atoms with E-state index in [1.54, 1.807) is 19.2 Å². The molecule has 0 aliphatic rings. The summed E-state index contributed by atoms with van der Waals surface area (Å²) in [6.45, 7) is 0. The Morgan fingerprint density at radius 2 is 1.50 bits per heavy atom. The van der Waals surface area contributed by atoms with Crippen molar-refractivity contribution < 1.29 is 9.13 Å². The Hall–Kier alpha value is -3.73. The number of aromatic nitrogens is 2. The summed E-state index contributed by atoms with van der Waals surface area (Å²) < 4.78 is 18.5. The van der Waals surface area contributed by atoms with Crippen LogP contribution < -0.4 is 10.1 Å². The van der Waals surface area contributed by atoms with Crippen molar-refractivity contribution in [2.75, 3.05) is 12.4 Å². The molecule has 0 aliphatic heterocycles. The molecule has 28 heavy (non-hydrogen) atoms. The van der Waals surface area contributed by atoms with Gasteiger partial charge in [0.15, 0.2) is 5.82 Å². The summed E-state index contributed by atoms with van der Waals surface area (Å²) in [5.74, 6) is 1.75. The molecule has 0 radical (unpaired) electrons. The summed E-state index contributed by atoms with van der Waals surface area (Å²) in [5, 5.41) is 3.31. The largest absolute Gasteiger partial charge is 0.497 e. The molecule has 1 heterocycles. The highest BCUT2D eigenvalue weighted by atomic mass is 19.1. The average Bonchev–Trinajstić information content (AvgIpc) is 2.75. The molecule has 0 amide bonds. The number of methoxy groups -OCH3 is 1. The third-order valence-corrected chi connectivity index (χ3v) is 4.26. The first kappa shape index (κ1) is 17.7. The molecule has 138 valence electrons. The predicted molar refractivity (Wildman–Crippen MR) is 109 cm³/mol. The lowest BCUT2D eigenvalue weighted by Gasteiger charge is -2.11. The van der Waals surface area contributed by atoms with Gasteiger partial charge in [-0.3, -0.25) is 0 Å². The van der Waals surface area contributed by atoms with Gasteiger partial charge in [0.25, 0.3) is 0 Å². The van der Waals surface area contributed by atoms with Gasteiger partial charge < -0.3 is 10.1 Å². The normalized spacial score (nSPS) is 10.5. The molecule has 1 aromatic heterocycles. The maximum absolute atomic E-state index is 13.3. The number of hydrogen-bond acceptors (Lipinski definition) is 4. The molecule has 0 unspecified atom stereocenters. The van der Waals surface area contributed by atoms with Crippen LogP contribution in [0, 0.1) is 5.82 Å². The topological polar surface area (TPSA) is 47.0 Å². The van der Waals surface area contributed by atoms with E-state index in [1.807, 2.05) is 60.7 Å². The van der Waals surface area contributed by atoms with Crippen LogP contribution in [0.4, 0.5) is 15.9 Å². The van der Waals surface area contributed by atoms with Gasteiger partial charge in [-0.05, 0) is 48.5 Å². The van der Waals surface area contributed by atoms with Crippen molar-refractivity contribution in [1.82, 2.24) is 9.97 Å². The molecule has 0 atom stereocenters. The molecule has 4 nitrogen and oxygen atoms in total. The minimum absolute atomic E-state index is 0.280. The highest BCUT2D eigenvalue weighted by Gasteiger charge is 2.09. The van der Waals surface area contributed by atoms with E-state index in [0.717, 1.165) is 22.6 Å². The first-order valence-corrected chi connectivity index (χ1v) is 8.83. The number of hydrogen-bond donors (Lipinski definition) is 1. The van der Waals surface area contributed by atoms with Crippen LogP contribution in [0.1, 0.15) is 0 Å². The minimum atomic E-state index is -0.280. The summed E-state index contributed by atoms with van der Waals surface area (Å²) >= 11 is 0. The molecule has 4 rings (SSSR count). The van der Waals surface area contributed by atoms with Crippen LogP contribution in [0.5, 0.6) is 5.75 Å². The number of nitrogens with one attached hydrogen (secondary N) is 1. The van der Waals surface area contributed by atoms with Crippen LogP contribution in [0.3, 0.4) is 0 Å². The van der Waals surface area contributed by atoms with Crippen LogP contribution in [0.25, 0.3) is 22.6 Å². The maximum Gasteiger partial charge on any atom is 0.162 e. The minimum Gasteiger partial charge on any atom is -0.497 e. The molecule has 0 fully saturated rings. The van der Waals surface area contributed by atoms with Crippen LogP contribution in [-0.2, 0) is 0 Å². The van der Waals surface area contributed by atoms with E-state index >= 15 is 0 Å². The molecule has 5 heteroatoms. The molecule has 0 saturated carbocycles. The van der Waals surface area contributed by atoms with Gasteiger partial charge in [0.1, 0.15) is 17.4 Å². The Kier molecular flexibility index (Phi) is 4.97. The van der Waals surface area contributed by atoms with Crippen LogP contribution in [0.2, 0.25) is 0 Å². The molecule has 1 N–H and O–H groups in total. The Balaban J connectivity index is 1.75. The van der Waals surface area contributed by atoms with Crippen molar-refractivity contribution in [2.45, 2.75) is 0 Å². The first-order chi connectivity index (χ1) is 13.7. The molecule has 0 saturated heterocycles. The van der Waals surface area contributed by atoms with E-state index in [1.165, 1.54) is 12.1 Å². The summed E-state index contributed by atoms with van der Waals surface area (Å²) in [7, 11) is 1.63. The maximum atomic E-state index is 13.3. The second-order valence-corrected chi connectivity index (χ2v) is 6.19. The molecule has 3 aromatic carbocycles. The molecular formula is C23H18FN3O. The standard InChI is InChI=1S/C23H18FN3O/c1-28-20-13-11-19(12-14-20)25-22-15-21(16-7-9-18(24)10-8-16)26-23(27-22)17-5-3-2-4-6-17/h2-15H,1H3,(H,25,26,27). The van der Waals surface area contributed by atoms with Crippen molar-refractivity contribution in [3.05, 3.63) is 90.7 Å². The second kappa shape index (κ2) is 7.88. The van der Waals surface area contributed by atoms with Gasteiger partial charge >= 0.3 is 0 Å². The van der Waals surface area contributed by atoms with E-state index in [2.05, 4.69) is 15.3 Å². The van der Waals surface area contributed by atoms with Gasteiger partial charge in [0.2, 0.25) is 0 Å². The van der Waals surface area contributed by atoms with Crippen molar-refractivity contribution in [3.8, 4) is 28.4 Å². The van der Waals surface area contributed by atoms with E-state index in [4.69, 9.17) is 4.74 Å². The second-order valence-electron chi connectivity index (χ2n) is 6.19. The van der Waals surface area contributed by atoms with Crippen molar-refractivity contribution >= 4 is 11.5 Å². The van der Waals surface area contributed by atoms with E-state index in [-0.39, 0.29) is 5.82 Å². The Labute approximate surface area is 162 Å². The van der Waals surface area contributed by atoms with Gasteiger partial charge in [-0.25, -0.2) is 14.4 Å². The monoisotopic (exact) mass is 371 g/mol. The number of anilines is 2. The fourth-order valence-corrected chi connectivity index (χ4v) is 2.82. The lowest BCUT2D eigenvalue weighted by atomic mass is 10.1. The van der Waals surface area contributed by atoms with E-state index in [9.17, 15) is 4.39 Å². The van der Waals surface area contributed by atoms with Gasteiger partial charge in [-0.1, -0.05) is 30.3 Å². The summed E-state index contributed by atoms with van der Waals surface area (Å²) in [6.07, 6.45) is 0. The van der Waals surface area contributed by atoms with Crippen molar-refractivity contribution in [3.63, 3.8) is 0 Å². The highest BCUT2D eigenvalue weighted by Crippen LogP contribution is 2.27. The summed E-state index contributed by atoms with van der Waals surface area (Å²) in [6, 6.07) is 25.5. The zero-order chi connectivity index (χ0) is 19.3. The molecule has 0 bridgehead atoms.